The Bertz CT molecular complexity index is 111. The van der Waals surface area contributed by atoms with Gasteiger partial charge in [0.15, 0.2) is 0 Å². The highest BCUT2D eigenvalue weighted by Crippen LogP contribution is 1.82. The molecule has 0 atom stereocenters. The van der Waals surface area contributed by atoms with Crippen molar-refractivity contribution >= 4 is 0 Å². The molecule has 0 radical (unpaired) electrons. The molecular formula is C7H14N2O2. The maximum absolute atomic E-state index is 8.17. The van der Waals surface area contributed by atoms with Crippen molar-refractivity contribution in [3.8, 4) is 6.07 Å². The van der Waals surface area contributed by atoms with E-state index in [1.807, 2.05) is 6.07 Å². The Hall–Kier alpha value is -0.630. The molecule has 0 bridgehead atoms. The zero-order valence-corrected chi connectivity index (χ0v) is 6.80. The molecule has 0 amide bonds. The lowest BCUT2D eigenvalue weighted by molar-refractivity contribution is 0.00684. The van der Waals surface area contributed by atoms with Crippen LogP contribution in [0.1, 0.15) is 12.8 Å². The number of hydroxylamine groups is 1. The van der Waals surface area contributed by atoms with Crippen LogP contribution in [0.25, 0.3) is 0 Å². The van der Waals surface area contributed by atoms with Gasteiger partial charge in [-0.3, -0.25) is 4.84 Å². The van der Waals surface area contributed by atoms with Gasteiger partial charge < -0.3 is 4.74 Å². The van der Waals surface area contributed by atoms with Gasteiger partial charge >= 0.3 is 0 Å². The first-order valence-electron chi connectivity index (χ1n) is 3.62. The molecule has 0 aliphatic heterocycles. The minimum absolute atomic E-state index is 0.545. The normalized spacial score (nSPS) is 9.45. The Balaban J connectivity index is 2.75. The molecule has 0 aromatic carbocycles. The molecule has 0 heterocycles. The Morgan fingerprint density at radius 3 is 2.91 bits per heavy atom. The predicted octanol–water partition coefficient (Wildman–Crippen LogP) is 0.458. The number of nitrogens with zero attached hydrogens (tertiary/aromatic N) is 1. The molecule has 64 valence electrons. The van der Waals surface area contributed by atoms with E-state index >= 15 is 0 Å². The molecule has 0 saturated heterocycles. The predicted molar refractivity (Wildman–Crippen MR) is 40.7 cm³/mol. The van der Waals surface area contributed by atoms with Crippen LogP contribution in [-0.2, 0) is 9.57 Å². The number of hydrogen-bond acceptors (Lipinski definition) is 4. The largest absolute Gasteiger partial charge is 0.382 e. The van der Waals surface area contributed by atoms with Crippen LogP contribution in [0.5, 0.6) is 0 Å². The quantitative estimate of drug-likeness (QED) is 0.432. The molecule has 0 aromatic rings. The van der Waals surface area contributed by atoms with Crippen molar-refractivity contribution in [2.75, 3.05) is 26.9 Å². The van der Waals surface area contributed by atoms with Crippen molar-refractivity contribution < 1.29 is 9.57 Å². The number of nitrogens with one attached hydrogen (secondary N) is 1. The van der Waals surface area contributed by atoms with E-state index in [0.29, 0.717) is 19.6 Å². The van der Waals surface area contributed by atoms with Crippen molar-refractivity contribution in [1.82, 2.24) is 5.48 Å². The Morgan fingerprint density at radius 2 is 2.27 bits per heavy atom. The van der Waals surface area contributed by atoms with Crippen LogP contribution in [0.3, 0.4) is 0 Å². The Labute approximate surface area is 67.1 Å². The highest BCUT2D eigenvalue weighted by molar-refractivity contribution is 4.67. The van der Waals surface area contributed by atoms with Gasteiger partial charge in [0.25, 0.3) is 0 Å². The molecule has 11 heavy (non-hydrogen) atoms. The van der Waals surface area contributed by atoms with Gasteiger partial charge in [-0.15, -0.1) is 0 Å². The second-order valence-electron chi connectivity index (χ2n) is 2.00. The van der Waals surface area contributed by atoms with Crippen molar-refractivity contribution in [2.24, 2.45) is 0 Å². The zero-order valence-electron chi connectivity index (χ0n) is 6.80. The topological polar surface area (TPSA) is 54.3 Å². The third-order valence-corrected chi connectivity index (χ3v) is 1.06. The summed E-state index contributed by atoms with van der Waals surface area (Å²) in [7, 11) is 1.62. The lowest BCUT2D eigenvalue weighted by Gasteiger charge is -2.02. The van der Waals surface area contributed by atoms with Gasteiger partial charge in [0.1, 0.15) is 0 Å². The van der Waals surface area contributed by atoms with Crippen LogP contribution in [-0.4, -0.2) is 26.9 Å². The average Bonchev–Trinajstić information content (AvgIpc) is 2.03. The van der Waals surface area contributed by atoms with E-state index in [2.05, 4.69) is 5.48 Å². The van der Waals surface area contributed by atoms with Gasteiger partial charge in [0.05, 0.1) is 19.3 Å². The van der Waals surface area contributed by atoms with E-state index in [1.165, 1.54) is 0 Å². The maximum Gasteiger partial charge on any atom is 0.0915 e. The maximum atomic E-state index is 8.17. The molecule has 0 aliphatic rings. The Kier molecular flexibility index (Phi) is 8.83. The van der Waals surface area contributed by atoms with E-state index in [9.17, 15) is 0 Å². The van der Waals surface area contributed by atoms with Crippen molar-refractivity contribution in [2.45, 2.75) is 12.8 Å². The highest BCUT2D eigenvalue weighted by atomic mass is 16.7. The highest BCUT2D eigenvalue weighted by Gasteiger charge is 1.86. The fraction of sp³-hybridized carbons (Fsp3) is 0.857. The fourth-order valence-electron chi connectivity index (χ4n) is 0.509. The summed E-state index contributed by atoms with van der Waals surface area (Å²) < 4.78 is 4.75. The summed E-state index contributed by atoms with van der Waals surface area (Å²) >= 11 is 0. The molecule has 0 aromatic heterocycles. The van der Waals surface area contributed by atoms with Gasteiger partial charge in [-0.1, -0.05) is 0 Å². The van der Waals surface area contributed by atoms with E-state index in [-0.39, 0.29) is 0 Å². The second kappa shape index (κ2) is 9.37. The van der Waals surface area contributed by atoms with Crippen LogP contribution in [0.4, 0.5) is 0 Å². The number of ether oxygens (including phenoxy) is 1. The van der Waals surface area contributed by atoms with Gasteiger partial charge in [0, 0.05) is 20.1 Å². The van der Waals surface area contributed by atoms with Gasteiger partial charge in [0.2, 0.25) is 0 Å². The average molecular weight is 158 g/mol. The molecule has 0 fully saturated rings. The lowest BCUT2D eigenvalue weighted by Crippen LogP contribution is -2.18. The van der Waals surface area contributed by atoms with E-state index < -0.39 is 0 Å². The number of hydrogen-bond donors (Lipinski definition) is 1. The number of methoxy groups -OCH3 is 1. The Morgan fingerprint density at radius 1 is 1.45 bits per heavy atom. The summed E-state index contributed by atoms with van der Waals surface area (Å²) in [6.07, 6.45) is 1.39. The zero-order chi connectivity index (χ0) is 8.36. The first-order valence-corrected chi connectivity index (χ1v) is 3.62. The monoisotopic (exact) mass is 158 g/mol. The number of rotatable bonds is 7. The minimum Gasteiger partial charge on any atom is -0.382 e. The molecular weight excluding hydrogens is 144 g/mol. The number of nitriles is 1. The van der Waals surface area contributed by atoms with E-state index in [0.717, 1.165) is 13.0 Å². The summed E-state index contributed by atoms with van der Waals surface area (Å²) in [6, 6.07) is 2.05. The van der Waals surface area contributed by atoms with Crippen LogP contribution in [0, 0.1) is 11.3 Å². The summed E-state index contributed by atoms with van der Waals surface area (Å²) in [4.78, 5) is 4.94. The lowest BCUT2D eigenvalue weighted by atomic mass is 10.3. The van der Waals surface area contributed by atoms with E-state index in [1.54, 1.807) is 7.11 Å². The van der Waals surface area contributed by atoms with Crippen molar-refractivity contribution in [3.63, 3.8) is 0 Å². The minimum atomic E-state index is 0.545. The first kappa shape index (κ1) is 10.4. The molecule has 4 heteroatoms. The van der Waals surface area contributed by atoms with Gasteiger partial charge in [-0.25, -0.2) is 5.48 Å². The van der Waals surface area contributed by atoms with E-state index in [4.69, 9.17) is 14.8 Å². The van der Waals surface area contributed by atoms with Crippen LogP contribution < -0.4 is 5.48 Å². The molecule has 4 nitrogen and oxygen atoms in total. The summed E-state index contributed by atoms with van der Waals surface area (Å²) in [5.74, 6) is 0. The molecule has 0 rings (SSSR count). The standard InChI is InChI=1S/C7H14N2O2/c1-10-6-7-11-9-5-3-2-4-8/h9H,2-3,5-7H2,1H3. The van der Waals surface area contributed by atoms with Gasteiger partial charge in [-0.2, -0.15) is 5.26 Å². The summed E-state index contributed by atoms with van der Waals surface area (Å²) in [5.41, 5.74) is 2.72. The first-order chi connectivity index (χ1) is 5.41. The third-order valence-electron chi connectivity index (χ3n) is 1.06. The summed E-state index contributed by atoms with van der Waals surface area (Å²) in [6.45, 7) is 1.85. The molecule has 1 N–H and O–H groups in total. The third kappa shape index (κ3) is 9.37. The fourth-order valence-corrected chi connectivity index (χ4v) is 0.509. The molecule has 0 saturated carbocycles. The van der Waals surface area contributed by atoms with Gasteiger partial charge in [-0.05, 0) is 6.42 Å². The summed E-state index contributed by atoms with van der Waals surface area (Å²) in [5, 5.41) is 8.17. The van der Waals surface area contributed by atoms with Crippen LogP contribution >= 0.6 is 0 Å². The number of unbranched alkanes of at least 4 members (excludes halogenated alkanes) is 1. The van der Waals surface area contributed by atoms with Crippen LogP contribution in [0.2, 0.25) is 0 Å². The second-order valence-corrected chi connectivity index (χ2v) is 2.00. The molecule has 0 aliphatic carbocycles. The van der Waals surface area contributed by atoms with Crippen LogP contribution in [0.15, 0.2) is 0 Å². The van der Waals surface area contributed by atoms with Crippen molar-refractivity contribution in [3.05, 3.63) is 0 Å². The van der Waals surface area contributed by atoms with Crippen molar-refractivity contribution in [1.29, 1.82) is 5.26 Å². The molecule has 0 spiro atoms. The smallest absolute Gasteiger partial charge is 0.0915 e. The molecule has 0 unspecified atom stereocenters. The SMILES string of the molecule is COCCONCCCC#N.